The SMILES string of the molecule is CCCc1ccccc1NC(=O)c1cc(Br)cn1CC. The topological polar surface area (TPSA) is 34.0 Å². The van der Waals surface area contributed by atoms with Crippen LogP contribution in [-0.2, 0) is 13.0 Å². The highest BCUT2D eigenvalue weighted by atomic mass is 79.9. The number of anilines is 1. The lowest BCUT2D eigenvalue weighted by atomic mass is 10.1. The number of aryl methyl sites for hydroxylation is 2. The average molecular weight is 335 g/mol. The molecule has 1 heterocycles. The van der Waals surface area contributed by atoms with Gasteiger partial charge in [-0.3, -0.25) is 4.79 Å². The summed E-state index contributed by atoms with van der Waals surface area (Å²) >= 11 is 3.42. The molecule has 0 saturated carbocycles. The van der Waals surface area contributed by atoms with Crippen molar-refractivity contribution in [1.82, 2.24) is 4.57 Å². The van der Waals surface area contributed by atoms with E-state index in [0.717, 1.165) is 29.5 Å². The number of hydrogen-bond acceptors (Lipinski definition) is 1. The van der Waals surface area contributed by atoms with Gasteiger partial charge in [0.2, 0.25) is 0 Å². The van der Waals surface area contributed by atoms with E-state index in [4.69, 9.17) is 0 Å². The van der Waals surface area contributed by atoms with Gasteiger partial charge in [-0.15, -0.1) is 0 Å². The van der Waals surface area contributed by atoms with Crippen LogP contribution in [0.5, 0.6) is 0 Å². The molecule has 1 N–H and O–H groups in total. The smallest absolute Gasteiger partial charge is 0.272 e. The van der Waals surface area contributed by atoms with Gasteiger partial charge in [0.1, 0.15) is 5.69 Å². The van der Waals surface area contributed by atoms with Crippen LogP contribution >= 0.6 is 15.9 Å². The fraction of sp³-hybridized carbons (Fsp3) is 0.312. The van der Waals surface area contributed by atoms with Crippen molar-refractivity contribution in [2.45, 2.75) is 33.2 Å². The molecule has 1 amide bonds. The first-order valence-corrected chi connectivity index (χ1v) is 7.70. The number of nitrogens with one attached hydrogen (secondary N) is 1. The van der Waals surface area contributed by atoms with E-state index in [1.54, 1.807) is 0 Å². The zero-order valence-corrected chi connectivity index (χ0v) is 13.4. The molecule has 1 aromatic carbocycles. The van der Waals surface area contributed by atoms with Gasteiger partial charge in [0.05, 0.1) is 0 Å². The summed E-state index contributed by atoms with van der Waals surface area (Å²) in [5.41, 5.74) is 2.75. The minimum absolute atomic E-state index is 0.0684. The molecule has 0 aliphatic heterocycles. The molecule has 2 aromatic rings. The Labute approximate surface area is 128 Å². The molecule has 1 aromatic heterocycles. The molecule has 0 radical (unpaired) electrons. The van der Waals surface area contributed by atoms with Crippen molar-refractivity contribution in [2.75, 3.05) is 5.32 Å². The van der Waals surface area contributed by atoms with E-state index < -0.39 is 0 Å². The number of benzene rings is 1. The second kappa shape index (κ2) is 6.75. The number of hydrogen-bond donors (Lipinski definition) is 1. The van der Waals surface area contributed by atoms with Gasteiger partial charge in [0.25, 0.3) is 5.91 Å². The summed E-state index contributed by atoms with van der Waals surface area (Å²) in [6.45, 7) is 4.93. The number of carbonyl (C=O) groups excluding carboxylic acids is 1. The van der Waals surface area contributed by atoms with E-state index in [9.17, 15) is 4.79 Å². The summed E-state index contributed by atoms with van der Waals surface area (Å²) in [7, 11) is 0. The molecule has 0 aliphatic carbocycles. The zero-order valence-electron chi connectivity index (χ0n) is 11.8. The first-order valence-electron chi connectivity index (χ1n) is 6.90. The van der Waals surface area contributed by atoms with Gasteiger partial charge in [-0.2, -0.15) is 0 Å². The highest BCUT2D eigenvalue weighted by molar-refractivity contribution is 9.10. The molecule has 0 saturated heterocycles. The molecule has 0 fully saturated rings. The lowest BCUT2D eigenvalue weighted by Gasteiger charge is -2.11. The Balaban J connectivity index is 2.23. The van der Waals surface area contributed by atoms with Crippen molar-refractivity contribution < 1.29 is 4.79 Å². The van der Waals surface area contributed by atoms with Crippen LogP contribution in [0.15, 0.2) is 41.0 Å². The van der Waals surface area contributed by atoms with Crippen LogP contribution in [-0.4, -0.2) is 10.5 Å². The van der Waals surface area contributed by atoms with Crippen molar-refractivity contribution in [1.29, 1.82) is 0 Å². The monoisotopic (exact) mass is 334 g/mol. The Morgan fingerprint density at radius 1 is 1.30 bits per heavy atom. The molecule has 4 heteroatoms. The van der Waals surface area contributed by atoms with Gasteiger partial charge < -0.3 is 9.88 Å². The summed E-state index contributed by atoms with van der Waals surface area (Å²) in [5.74, 6) is -0.0684. The quantitative estimate of drug-likeness (QED) is 0.859. The van der Waals surface area contributed by atoms with Crippen LogP contribution < -0.4 is 5.32 Å². The molecule has 3 nitrogen and oxygen atoms in total. The maximum absolute atomic E-state index is 12.4. The molecule has 0 bridgehead atoms. The van der Waals surface area contributed by atoms with E-state index in [0.29, 0.717) is 5.69 Å². The number of para-hydroxylation sites is 1. The molecule has 2 rings (SSSR count). The van der Waals surface area contributed by atoms with Gasteiger partial charge >= 0.3 is 0 Å². The molecule has 0 aliphatic rings. The number of aromatic nitrogens is 1. The van der Waals surface area contributed by atoms with E-state index >= 15 is 0 Å². The lowest BCUT2D eigenvalue weighted by molar-refractivity contribution is 0.101. The molecule has 106 valence electrons. The Morgan fingerprint density at radius 2 is 2.05 bits per heavy atom. The van der Waals surface area contributed by atoms with Crippen LogP contribution in [0.25, 0.3) is 0 Å². The van der Waals surface area contributed by atoms with Crippen molar-refractivity contribution in [2.24, 2.45) is 0 Å². The molecular formula is C16H19BrN2O. The fourth-order valence-corrected chi connectivity index (χ4v) is 2.71. The summed E-state index contributed by atoms with van der Waals surface area (Å²) in [5, 5.41) is 3.02. The van der Waals surface area contributed by atoms with Crippen molar-refractivity contribution in [3.63, 3.8) is 0 Å². The second-order valence-electron chi connectivity index (χ2n) is 4.69. The highest BCUT2D eigenvalue weighted by Gasteiger charge is 2.13. The standard InChI is InChI=1S/C16H19BrN2O/c1-3-7-12-8-5-6-9-14(12)18-16(20)15-10-13(17)11-19(15)4-2/h5-6,8-11H,3-4,7H2,1-2H3,(H,18,20). The molecular weight excluding hydrogens is 316 g/mol. The Kier molecular flexibility index (Phi) is 5.01. The molecule has 0 unspecified atom stereocenters. The number of rotatable bonds is 5. The normalized spacial score (nSPS) is 10.6. The maximum Gasteiger partial charge on any atom is 0.272 e. The van der Waals surface area contributed by atoms with Gasteiger partial charge in [0, 0.05) is 22.9 Å². The second-order valence-corrected chi connectivity index (χ2v) is 5.61. The van der Waals surface area contributed by atoms with Crippen molar-refractivity contribution in [3.8, 4) is 0 Å². The van der Waals surface area contributed by atoms with Crippen LogP contribution in [0, 0.1) is 0 Å². The van der Waals surface area contributed by atoms with Crippen molar-refractivity contribution in [3.05, 3.63) is 52.3 Å². The molecule has 0 atom stereocenters. The van der Waals surface area contributed by atoms with Gasteiger partial charge in [0.15, 0.2) is 0 Å². The van der Waals surface area contributed by atoms with Gasteiger partial charge in [-0.25, -0.2) is 0 Å². The van der Waals surface area contributed by atoms with Crippen LogP contribution in [0.2, 0.25) is 0 Å². The van der Waals surface area contributed by atoms with Crippen LogP contribution in [0.4, 0.5) is 5.69 Å². The Morgan fingerprint density at radius 3 is 2.75 bits per heavy atom. The zero-order chi connectivity index (χ0) is 14.5. The highest BCUT2D eigenvalue weighted by Crippen LogP contribution is 2.20. The lowest BCUT2D eigenvalue weighted by Crippen LogP contribution is -2.17. The predicted molar refractivity (Wildman–Crippen MR) is 86.2 cm³/mol. The third-order valence-electron chi connectivity index (χ3n) is 3.22. The number of halogens is 1. The number of carbonyl (C=O) groups is 1. The number of nitrogens with zero attached hydrogens (tertiary/aromatic N) is 1. The summed E-state index contributed by atoms with van der Waals surface area (Å²) in [4.78, 5) is 12.4. The summed E-state index contributed by atoms with van der Waals surface area (Å²) in [6, 6.07) is 9.82. The minimum atomic E-state index is -0.0684. The summed E-state index contributed by atoms with van der Waals surface area (Å²) in [6.07, 6.45) is 3.95. The van der Waals surface area contributed by atoms with E-state index in [2.05, 4.69) is 34.2 Å². The van der Waals surface area contributed by atoms with Gasteiger partial charge in [-0.1, -0.05) is 31.5 Å². The summed E-state index contributed by atoms with van der Waals surface area (Å²) < 4.78 is 2.85. The first kappa shape index (κ1) is 14.9. The maximum atomic E-state index is 12.4. The van der Waals surface area contributed by atoms with Crippen LogP contribution in [0.1, 0.15) is 36.3 Å². The largest absolute Gasteiger partial charge is 0.343 e. The van der Waals surface area contributed by atoms with E-state index in [1.165, 1.54) is 5.56 Å². The fourth-order valence-electron chi connectivity index (χ4n) is 2.24. The third-order valence-corrected chi connectivity index (χ3v) is 3.66. The van der Waals surface area contributed by atoms with Gasteiger partial charge in [-0.05, 0) is 47.0 Å². The Bertz CT molecular complexity index is 604. The molecule has 20 heavy (non-hydrogen) atoms. The van der Waals surface area contributed by atoms with E-state index in [1.807, 2.05) is 42.0 Å². The average Bonchev–Trinajstić information content (AvgIpc) is 2.82. The molecule has 0 spiro atoms. The van der Waals surface area contributed by atoms with Crippen LogP contribution in [0.3, 0.4) is 0 Å². The Hall–Kier alpha value is -1.55. The first-order chi connectivity index (χ1) is 9.65. The van der Waals surface area contributed by atoms with E-state index in [-0.39, 0.29) is 5.91 Å². The minimum Gasteiger partial charge on any atom is -0.343 e. The third kappa shape index (κ3) is 3.31. The van der Waals surface area contributed by atoms with Crippen molar-refractivity contribution >= 4 is 27.5 Å². The number of amides is 1. The predicted octanol–water partition coefficient (Wildman–Crippen LogP) is 4.48.